The molecule has 2 heterocycles. The molecule has 1 aromatic carbocycles. The molecule has 0 saturated heterocycles. The first-order chi connectivity index (χ1) is 9.26. The summed E-state index contributed by atoms with van der Waals surface area (Å²) in [5.74, 6) is 0. The fourth-order valence-electron chi connectivity index (χ4n) is 2.95. The van der Waals surface area contributed by atoms with Crippen LogP contribution in [0.25, 0.3) is 6.08 Å². The average Bonchev–Trinajstić information content (AvgIpc) is 2.89. The van der Waals surface area contributed by atoms with E-state index < -0.39 is 0 Å². The Morgan fingerprint density at radius 1 is 1.32 bits per heavy atom. The van der Waals surface area contributed by atoms with Crippen LogP contribution in [0.1, 0.15) is 36.7 Å². The van der Waals surface area contributed by atoms with Crippen molar-refractivity contribution in [2.45, 2.75) is 32.5 Å². The van der Waals surface area contributed by atoms with E-state index in [1.165, 1.54) is 16.7 Å². The molecule has 0 saturated carbocycles. The van der Waals surface area contributed by atoms with Gasteiger partial charge in [0, 0.05) is 30.2 Å². The van der Waals surface area contributed by atoms with Crippen molar-refractivity contribution in [3.8, 4) is 0 Å². The van der Waals surface area contributed by atoms with E-state index in [1.54, 1.807) is 0 Å². The molecule has 2 unspecified atom stereocenters. The third-order valence-electron chi connectivity index (χ3n) is 4.08. The van der Waals surface area contributed by atoms with Crippen molar-refractivity contribution in [2.24, 2.45) is 0 Å². The molecule has 19 heavy (non-hydrogen) atoms. The number of benzene rings is 1. The van der Waals surface area contributed by atoms with Gasteiger partial charge >= 0.3 is 0 Å². The van der Waals surface area contributed by atoms with Gasteiger partial charge in [-0.05, 0) is 30.5 Å². The van der Waals surface area contributed by atoms with Crippen LogP contribution in [0, 0.1) is 0 Å². The van der Waals surface area contributed by atoms with Gasteiger partial charge in [0.1, 0.15) is 6.17 Å². The molecular weight excluding hydrogens is 232 g/mol. The Hall–Kier alpha value is -1.96. The number of hydrogen-bond acceptors (Lipinski definition) is 2. The lowest BCUT2D eigenvalue weighted by atomic mass is 9.93. The summed E-state index contributed by atoms with van der Waals surface area (Å²) in [5, 5.41) is 0. The Bertz CT molecular complexity index is 556. The van der Waals surface area contributed by atoms with Crippen LogP contribution in [0.3, 0.4) is 0 Å². The maximum Gasteiger partial charge on any atom is 0.132 e. The van der Waals surface area contributed by atoms with E-state index >= 15 is 0 Å². The van der Waals surface area contributed by atoms with Gasteiger partial charge in [0.05, 0.1) is 0 Å². The fourth-order valence-corrected chi connectivity index (χ4v) is 2.95. The first-order valence-corrected chi connectivity index (χ1v) is 6.92. The Balaban J connectivity index is 2.11. The normalized spacial score (nSPS) is 21.3. The summed E-state index contributed by atoms with van der Waals surface area (Å²) in [5.41, 5.74) is 4.21. The lowest BCUT2D eigenvalue weighted by molar-refractivity contribution is 0.171. The number of fused-ring (bicyclic) bond motifs is 3. The summed E-state index contributed by atoms with van der Waals surface area (Å²) < 4.78 is 0. The van der Waals surface area contributed by atoms with E-state index in [-0.39, 0.29) is 6.17 Å². The Morgan fingerprint density at radius 2 is 2.16 bits per heavy atom. The number of nitrogens with zero attached hydrogens (tertiary/aromatic N) is 2. The summed E-state index contributed by atoms with van der Waals surface area (Å²) in [7, 11) is 0. The smallest absolute Gasteiger partial charge is 0.132 e. The molecule has 0 radical (unpaired) electrons. The van der Waals surface area contributed by atoms with Crippen LogP contribution in [0.15, 0.2) is 49.5 Å². The predicted molar refractivity (Wildman–Crippen MR) is 80.1 cm³/mol. The third-order valence-corrected chi connectivity index (χ3v) is 4.08. The molecule has 2 atom stereocenters. The van der Waals surface area contributed by atoms with E-state index in [9.17, 15) is 0 Å². The quantitative estimate of drug-likeness (QED) is 0.753. The van der Waals surface area contributed by atoms with E-state index in [2.05, 4.69) is 73.1 Å². The molecule has 0 fully saturated rings. The summed E-state index contributed by atoms with van der Waals surface area (Å²) in [6.45, 7) is 8.34. The van der Waals surface area contributed by atoms with Crippen LogP contribution in [0.4, 0.5) is 0 Å². The van der Waals surface area contributed by atoms with E-state index in [0.29, 0.717) is 6.04 Å². The van der Waals surface area contributed by atoms with Crippen molar-refractivity contribution in [3.63, 3.8) is 0 Å². The molecule has 0 aliphatic carbocycles. The molecule has 0 bridgehead atoms. The minimum atomic E-state index is 0.282. The number of rotatable bonds is 3. The lowest BCUT2D eigenvalue weighted by Crippen LogP contribution is -2.35. The summed E-state index contributed by atoms with van der Waals surface area (Å²) in [6, 6.07) is 6.93. The van der Waals surface area contributed by atoms with Gasteiger partial charge in [0.15, 0.2) is 0 Å². The van der Waals surface area contributed by atoms with E-state index in [0.717, 1.165) is 6.42 Å². The van der Waals surface area contributed by atoms with Gasteiger partial charge < -0.3 is 9.80 Å². The molecule has 2 aliphatic rings. The second kappa shape index (κ2) is 4.61. The molecular formula is C17H20N2. The molecule has 1 aromatic rings. The van der Waals surface area contributed by atoms with Crippen LogP contribution in [0.2, 0.25) is 0 Å². The fraction of sp³-hybridized carbons (Fsp3) is 0.294. The van der Waals surface area contributed by atoms with Crippen LogP contribution in [-0.2, 0) is 6.42 Å². The van der Waals surface area contributed by atoms with Gasteiger partial charge in [0.2, 0.25) is 0 Å². The molecule has 3 rings (SSSR count). The highest BCUT2D eigenvalue weighted by Gasteiger charge is 2.33. The van der Waals surface area contributed by atoms with Crippen molar-refractivity contribution in [1.29, 1.82) is 0 Å². The van der Waals surface area contributed by atoms with Crippen molar-refractivity contribution in [2.75, 3.05) is 0 Å². The highest BCUT2D eigenvalue weighted by Crippen LogP contribution is 2.40. The highest BCUT2D eigenvalue weighted by atomic mass is 15.4. The predicted octanol–water partition coefficient (Wildman–Crippen LogP) is 3.90. The molecule has 0 amide bonds. The average molecular weight is 252 g/mol. The van der Waals surface area contributed by atoms with Gasteiger partial charge in [-0.25, -0.2) is 0 Å². The maximum absolute atomic E-state index is 3.93. The van der Waals surface area contributed by atoms with Crippen LogP contribution in [0.5, 0.6) is 0 Å². The van der Waals surface area contributed by atoms with Crippen molar-refractivity contribution in [3.05, 3.63) is 66.1 Å². The zero-order valence-corrected chi connectivity index (χ0v) is 11.6. The van der Waals surface area contributed by atoms with Crippen LogP contribution in [-0.4, -0.2) is 15.8 Å². The second-order valence-electron chi connectivity index (χ2n) is 5.13. The Labute approximate surface area is 115 Å². The van der Waals surface area contributed by atoms with Gasteiger partial charge in [-0.1, -0.05) is 31.2 Å². The Morgan fingerprint density at radius 3 is 2.89 bits per heavy atom. The van der Waals surface area contributed by atoms with E-state index in [4.69, 9.17) is 0 Å². The van der Waals surface area contributed by atoms with Crippen LogP contribution >= 0.6 is 0 Å². The standard InChI is InChI=1S/C17H20N2/c1-4-13(3)19-12-11-18-10-9-15-8-6-7-14(5-2)16(15)17(18)19/h4,6-13,17H,1,5H2,2-3H3. The van der Waals surface area contributed by atoms with Crippen molar-refractivity contribution < 1.29 is 0 Å². The molecule has 2 heteroatoms. The van der Waals surface area contributed by atoms with Gasteiger partial charge in [-0.2, -0.15) is 0 Å². The van der Waals surface area contributed by atoms with Gasteiger partial charge in [-0.15, -0.1) is 6.58 Å². The van der Waals surface area contributed by atoms with Gasteiger partial charge in [-0.3, -0.25) is 0 Å². The SMILES string of the molecule is C=CC(C)N1C=CN2C=Cc3cccc(CC)c3C21. The summed E-state index contributed by atoms with van der Waals surface area (Å²) in [6.07, 6.45) is 12.0. The first-order valence-electron chi connectivity index (χ1n) is 6.92. The first kappa shape index (κ1) is 12.1. The summed E-state index contributed by atoms with van der Waals surface area (Å²) in [4.78, 5) is 4.65. The molecule has 0 spiro atoms. The third kappa shape index (κ3) is 1.79. The van der Waals surface area contributed by atoms with Crippen molar-refractivity contribution in [1.82, 2.24) is 9.80 Å². The zero-order chi connectivity index (χ0) is 13.4. The topological polar surface area (TPSA) is 6.48 Å². The van der Waals surface area contributed by atoms with Crippen molar-refractivity contribution >= 4 is 6.08 Å². The number of hydrogen-bond donors (Lipinski definition) is 0. The minimum Gasteiger partial charge on any atom is -0.346 e. The molecule has 98 valence electrons. The molecule has 0 N–H and O–H groups in total. The Kier molecular flexibility index (Phi) is 2.94. The molecule has 0 aromatic heterocycles. The molecule has 2 aliphatic heterocycles. The summed E-state index contributed by atoms with van der Waals surface area (Å²) >= 11 is 0. The largest absolute Gasteiger partial charge is 0.346 e. The van der Waals surface area contributed by atoms with E-state index in [1.807, 2.05) is 6.08 Å². The number of aryl methyl sites for hydroxylation is 1. The maximum atomic E-state index is 3.93. The highest BCUT2D eigenvalue weighted by molar-refractivity contribution is 5.60. The second-order valence-corrected chi connectivity index (χ2v) is 5.13. The zero-order valence-electron chi connectivity index (χ0n) is 11.6. The minimum absolute atomic E-state index is 0.282. The van der Waals surface area contributed by atoms with Crippen LogP contribution < -0.4 is 0 Å². The lowest BCUT2D eigenvalue weighted by Gasteiger charge is -2.38. The van der Waals surface area contributed by atoms with Gasteiger partial charge in [0.25, 0.3) is 0 Å². The monoisotopic (exact) mass is 252 g/mol. The molecule has 2 nitrogen and oxygen atoms in total.